The molecule has 5 aromatic carbocycles. The molecule has 0 radical (unpaired) electrons. The summed E-state index contributed by atoms with van der Waals surface area (Å²) in [6, 6.07) is 30.5. The van der Waals surface area contributed by atoms with Crippen LogP contribution in [-0.4, -0.2) is 33.7 Å². The number of hydrogen-bond acceptors (Lipinski definition) is 6. The van der Waals surface area contributed by atoms with E-state index in [4.69, 9.17) is 11.6 Å². The van der Waals surface area contributed by atoms with E-state index >= 15 is 4.79 Å². The van der Waals surface area contributed by atoms with Crippen LogP contribution in [0.15, 0.2) is 121 Å². The zero-order valence-corrected chi connectivity index (χ0v) is 30.0. The molecular formula is C44H35ClFN3O5. The lowest BCUT2D eigenvalue weighted by Gasteiger charge is -2.51. The first-order valence-corrected chi connectivity index (χ1v) is 18.5. The highest BCUT2D eigenvalue weighted by Gasteiger charge is 2.70. The van der Waals surface area contributed by atoms with E-state index < -0.39 is 52.6 Å². The van der Waals surface area contributed by atoms with E-state index in [2.05, 4.69) is 5.43 Å². The number of hydrazine groups is 1. The average Bonchev–Trinajstić information content (AvgIpc) is 3.57. The third-order valence-electron chi connectivity index (χ3n) is 12.1. The van der Waals surface area contributed by atoms with E-state index in [1.165, 1.54) is 29.2 Å². The molecule has 270 valence electrons. The van der Waals surface area contributed by atoms with Crippen LogP contribution in [0.1, 0.15) is 42.4 Å². The number of fused-ring (bicyclic) bond motifs is 5. The lowest BCUT2D eigenvalue weighted by atomic mass is 9.49. The van der Waals surface area contributed by atoms with Crippen molar-refractivity contribution >= 4 is 57.4 Å². The number of carbonyl (C=O) groups is 4. The quantitative estimate of drug-likeness (QED) is 0.135. The Kier molecular flexibility index (Phi) is 7.97. The van der Waals surface area contributed by atoms with Crippen LogP contribution < -0.4 is 10.3 Å². The van der Waals surface area contributed by atoms with E-state index in [0.717, 1.165) is 22.6 Å². The van der Waals surface area contributed by atoms with Crippen molar-refractivity contribution < 1.29 is 28.7 Å². The average molecular weight is 740 g/mol. The van der Waals surface area contributed by atoms with Crippen molar-refractivity contribution in [2.75, 3.05) is 10.3 Å². The molecule has 2 N–H and O–H groups in total. The molecule has 0 aromatic heterocycles. The first kappa shape index (κ1) is 34.0. The largest absolute Gasteiger partial charge is 0.507 e. The number of phenols is 1. The number of aryl methyl sites for hydroxylation is 1. The Labute approximate surface area is 315 Å². The molecule has 4 aliphatic rings. The minimum Gasteiger partial charge on any atom is -0.507 e. The molecule has 54 heavy (non-hydrogen) atoms. The molecule has 4 amide bonds. The Bertz CT molecular complexity index is 2410. The van der Waals surface area contributed by atoms with Crippen LogP contribution in [-0.2, 0) is 31.0 Å². The number of amides is 4. The van der Waals surface area contributed by atoms with E-state index in [-0.39, 0.29) is 30.4 Å². The molecule has 2 aliphatic carbocycles. The van der Waals surface area contributed by atoms with Crippen molar-refractivity contribution in [2.24, 2.45) is 23.7 Å². The van der Waals surface area contributed by atoms with Gasteiger partial charge in [0.1, 0.15) is 11.6 Å². The van der Waals surface area contributed by atoms with Gasteiger partial charge in [-0.2, -0.15) is 5.01 Å². The number of phenolic OH excluding ortho intramolecular Hbond substituents is 1. The van der Waals surface area contributed by atoms with Gasteiger partial charge < -0.3 is 5.11 Å². The zero-order chi connectivity index (χ0) is 37.5. The number of halogens is 2. The third-order valence-corrected chi connectivity index (χ3v) is 12.4. The van der Waals surface area contributed by atoms with Crippen LogP contribution in [0, 0.1) is 29.5 Å². The fourth-order valence-corrected chi connectivity index (χ4v) is 9.82. The molecule has 5 aromatic rings. The fourth-order valence-electron chi connectivity index (χ4n) is 9.69. The Hall–Kier alpha value is -5.80. The lowest BCUT2D eigenvalue weighted by Crippen LogP contribution is -2.53. The summed E-state index contributed by atoms with van der Waals surface area (Å²) in [6.45, 7) is 2.04. The summed E-state index contributed by atoms with van der Waals surface area (Å²) in [5.41, 5.74) is 5.44. The molecule has 9 rings (SSSR count). The highest BCUT2D eigenvalue weighted by molar-refractivity contribution is 6.30. The Morgan fingerprint density at radius 1 is 0.815 bits per heavy atom. The Morgan fingerprint density at radius 3 is 2.22 bits per heavy atom. The molecule has 2 heterocycles. The van der Waals surface area contributed by atoms with Gasteiger partial charge in [-0.1, -0.05) is 84.8 Å². The Morgan fingerprint density at radius 2 is 1.52 bits per heavy atom. The standard InChI is InChI=1S/C44H35ClFN3O5/c1-2-24-7-17-29(18-8-24)48-40(51)34-20-19-33-35(38(34)42(48)53)23-36-41(52)49(47-28-15-13-27(46)14-16-28)43(54)44(36,25-9-11-26(45)12-10-25)39(33)32-21-22-37(50)31-6-4-3-5-30(31)32/h3-19,21-22,34-36,38-39,47,50H,2,20,23H2,1H3. The van der Waals surface area contributed by atoms with Gasteiger partial charge in [0.25, 0.3) is 11.8 Å². The maximum absolute atomic E-state index is 15.5. The number of carbonyl (C=O) groups excluding carboxylic acids is 4. The molecule has 10 heteroatoms. The minimum absolute atomic E-state index is 0.0613. The van der Waals surface area contributed by atoms with Crippen molar-refractivity contribution in [1.82, 2.24) is 5.01 Å². The lowest BCUT2D eigenvalue weighted by molar-refractivity contribution is -0.138. The van der Waals surface area contributed by atoms with Gasteiger partial charge in [0.05, 0.1) is 34.5 Å². The smallest absolute Gasteiger partial charge is 0.260 e. The molecule has 2 saturated heterocycles. The van der Waals surface area contributed by atoms with E-state index in [0.29, 0.717) is 38.3 Å². The summed E-state index contributed by atoms with van der Waals surface area (Å²) in [6.07, 6.45) is 3.22. The number of nitrogens with one attached hydrogen (secondary N) is 1. The number of allylic oxidation sites excluding steroid dienone is 2. The molecule has 0 bridgehead atoms. The van der Waals surface area contributed by atoms with Crippen molar-refractivity contribution in [2.45, 2.75) is 37.5 Å². The van der Waals surface area contributed by atoms with Gasteiger partial charge >= 0.3 is 0 Å². The molecule has 1 saturated carbocycles. The van der Waals surface area contributed by atoms with E-state index in [9.17, 15) is 23.9 Å². The van der Waals surface area contributed by atoms with Crippen LogP contribution in [0.4, 0.5) is 15.8 Å². The Balaban J connectivity index is 1.26. The SMILES string of the molecule is CCc1ccc(N2C(=O)C3CC=C4C(CC5C(=O)N(Nc6ccc(F)cc6)C(=O)C5(c5ccc(Cl)cc5)C4c4ccc(O)c5ccccc45)C3C2=O)cc1. The zero-order valence-electron chi connectivity index (χ0n) is 29.2. The summed E-state index contributed by atoms with van der Waals surface area (Å²) in [5, 5.41) is 13.8. The number of nitrogens with zero attached hydrogens (tertiary/aromatic N) is 2. The van der Waals surface area contributed by atoms with Crippen LogP contribution in [0.25, 0.3) is 10.8 Å². The molecule has 2 aliphatic heterocycles. The molecular weight excluding hydrogens is 705 g/mol. The predicted molar refractivity (Wildman–Crippen MR) is 203 cm³/mol. The summed E-state index contributed by atoms with van der Waals surface area (Å²) in [5.74, 6) is -5.78. The van der Waals surface area contributed by atoms with Gasteiger partial charge in [0.2, 0.25) is 11.8 Å². The second-order valence-electron chi connectivity index (χ2n) is 14.6. The third kappa shape index (κ3) is 4.87. The van der Waals surface area contributed by atoms with Crippen LogP contribution in [0.5, 0.6) is 5.75 Å². The highest BCUT2D eigenvalue weighted by atomic mass is 35.5. The molecule has 3 fully saturated rings. The van der Waals surface area contributed by atoms with Gasteiger partial charge in [0.15, 0.2) is 0 Å². The van der Waals surface area contributed by atoms with Gasteiger partial charge in [-0.15, -0.1) is 0 Å². The number of benzene rings is 5. The van der Waals surface area contributed by atoms with Crippen molar-refractivity contribution in [1.29, 1.82) is 0 Å². The van der Waals surface area contributed by atoms with Crippen molar-refractivity contribution in [3.05, 3.63) is 148 Å². The van der Waals surface area contributed by atoms with Gasteiger partial charge in [-0.3, -0.25) is 29.5 Å². The highest BCUT2D eigenvalue weighted by Crippen LogP contribution is 2.65. The molecule has 6 unspecified atom stereocenters. The van der Waals surface area contributed by atoms with Gasteiger partial charge in [0, 0.05) is 16.3 Å². The van der Waals surface area contributed by atoms with Crippen molar-refractivity contribution in [3.8, 4) is 5.75 Å². The summed E-state index contributed by atoms with van der Waals surface area (Å²) in [4.78, 5) is 60.5. The normalized spacial score (nSPS) is 26.1. The summed E-state index contributed by atoms with van der Waals surface area (Å²) >= 11 is 6.42. The summed E-state index contributed by atoms with van der Waals surface area (Å²) in [7, 11) is 0. The maximum atomic E-state index is 15.5. The molecule has 8 nitrogen and oxygen atoms in total. The maximum Gasteiger partial charge on any atom is 0.260 e. The summed E-state index contributed by atoms with van der Waals surface area (Å²) < 4.78 is 13.9. The number of aromatic hydroxyl groups is 1. The van der Waals surface area contributed by atoms with Crippen molar-refractivity contribution in [3.63, 3.8) is 0 Å². The number of rotatable bonds is 6. The van der Waals surface area contributed by atoms with Crippen LogP contribution >= 0.6 is 11.6 Å². The van der Waals surface area contributed by atoms with E-state index in [1.54, 1.807) is 54.6 Å². The van der Waals surface area contributed by atoms with Gasteiger partial charge in [-0.25, -0.2) is 4.39 Å². The number of imide groups is 2. The molecule has 6 atom stereocenters. The first-order valence-electron chi connectivity index (χ1n) is 18.2. The minimum atomic E-state index is -1.54. The van der Waals surface area contributed by atoms with Gasteiger partial charge in [-0.05, 0) is 102 Å². The monoisotopic (exact) mass is 739 g/mol. The van der Waals surface area contributed by atoms with Crippen LogP contribution in [0.2, 0.25) is 5.02 Å². The molecule has 0 spiro atoms. The fraction of sp³-hybridized carbons (Fsp3) is 0.227. The number of hydrogen-bond donors (Lipinski definition) is 2. The van der Waals surface area contributed by atoms with E-state index in [1.807, 2.05) is 43.3 Å². The second-order valence-corrected chi connectivity index (χ2v) is 15.1. The first-order chi connectivity index (χ1) is 26.1. The number of anilines is 2. The topological polar surface area (TPSA) is 107 Å². The predicted octanol–water partition coefficient (Wildman–Crippen LogP) is 8.09. The second kappa shape index (κ2) is 12.7. The van der Waals surface area contributed by atoms with Crippen LogP contribution in [0.3, 0.4) is 0 Å².